The van der Waals surface area contributed by atoms with Gasteiger partial charge in [0.2, 0.25) is 0 Å². The minimum atomic E-state index is 1.12. The monoisotopic (exact) mass is 742 g/mol. The van der Waals surface area contributed by atoms with Crippen LogP contribution in [0.1, 0.15) is 0 Å². The van der Waals surface area contributed by atoms with Crippen LogP contribution in [0.15, 0.2) is 206 Å². The van der Waals surface area contributed by atoms with Crippen molar-refractivity contribution in [2.75, 3.05) is 0 Å². The molecule has 3 heterocycles. The minimum absolute atomic E-state index is 1.12. The van der Waals surface area contributed by atoms with E-state index in [1.54, 1.807) is 0 Å². The molecule has 57 heavy (non-hydrogen) atoms. The highest BCUT2D eigenvalue weighted by molar-refractivity contribution is 7.25. The predicted molar refractivity (Wildman–Crippen MR) is 244 cm³/mol. The Hall–Kier alpha value is -7.20. The molecule has 3 aromatic heterocycles. The van der Waals surface area contributed by atoms with Gasteiger partial charge < -0.3 is 9.13 Å². The van der Waals surface area contributed by atoms with E-state index in [9.17, 15) is 0 Å². The first-order valence-corrected chi connectivity index (χ1v) is 20.3. The van der Waals surface area contributed by atoms with Crippen molar-refractivity contribution in [2.24, 2.45) is 0 Å². The molecule has 0 spiro atoms. The third-order valence-corrected chi connectivity index (χ3v) is 12.8. The SMILES string of the molecule is c1ccc(-c2cc(-c3cc(-n4c5ccccc5c5ccccc54)cc(-n4c5ccccc5c5ccccc54)c3)cc(-c3ccc4sc5ccccc5c4c3)c2)cc1. The van der Waals surface area contributed by atoms with Crippen LogP contribution in [-0.2, 0) is 0 Å². The molecule has 3 heteroatoms. The van der Waals surface area contributed by atoms with Crippen LogP contribution in [0.25, 0.3) is 109 Å². The summed E-state index contributed by atoms with van der Waals surface area (Å²) in [5.41, 5.74) is 14.2. The number of para-hydroxylation sites is 4. The largest absolute Gasteiger partial charge is 0.309 e. The van der Waals surface area contributed by atoms with Gasteiger partial charge in [0.05, 0.1) is 22.1 Å². The van der Waals surface area contributed by atoms with Gasteiger partial charge >= 0.3 is 0 Å². The number of nitrogens with zero attached hydrogens (tertiary/aromatic N) is 2. The smallest absolute Gasteiger partial charge is 0.0541 e. The van der Waals surface area contributed by atoms with Gasteiger partial charge in [-0.3, -0.25) is 0 Å². The lowest BCUT2D eigenvalue weighted by atomic mass is 9.92. The molecular weight excluding hydrogens is 709 g/mol. The van der Waals surface area contributed by atoms with E-state index in [-0.39, 0.29) is 0 Å². The van der Waals surface area contributed by atoms with Crippen molar-refractivity contribution in [3.63, 3.8) is 0 Å². The Morgan fingerprint density at radius 2 is 0.649 bits per heavy atom. The topological polar surface area (TPSA) is 9.86 Å². The maximum Gasteiger partial charge on any atom is 0.0541 e. The standard InChI is InChI=1S/C54H34N2S/c1-2-14-35(15-3-1)37-28-38(36-26-27-54-48(33-36)47-20-8-13-25-53(47)57-54)30-39(29-37)40-31-41(55-49-21-9-4-16-43(49)44-17-5-10-22-50(44)55)34-42(32-40)56-51-23-11-6-18-45(51)46-19-7-12-24-52(46)56/h1-34H. The van der Waals surface area contributed by atoms with Gasteiger partial charge in [-0.25, -0.2) is 0 Å². The van der Waals surface area contributed by atoms with Crippen molar-refractivity contribution >= 4 is 75.1 Å². The molecule has 266 valence electrons. The van der Waals surface area contributed by atoms with Gasteiger partial charge in [-0.2, -0.15) is 0 Å². The fraction of sp³-hybridized carbons (Fsp3) is 0. The molecule has 0 aliphatic heterocycles. The van der Waals surface area contributed by atoms with Gasteiger partial charge in [0.15, 0.2) is 0 Å². The molecule has 0 amide bonds. The van der Waals surface area contributed by atoms with E-state index in [1.807, 2.05) is 11.3 Å². The number of fused-ring (bicyclic) bond motifs is 9. The molecule has 0 saturated heterocycles. The molecule has 12 aromatic rings. The van der Waals surface area contributed by atoms with E-state index in [2.05, 4.69) is 215 Å². The molecule has 12 rings (SSSR count). The van der Waals surface area contributed by atoms with Crippen LogP contribution < -0.4 is 0 Å². The lowest BCUT2D eigenvalue weighted by Gasteiger charge is -2.17. The number of hydrogen-bond acceptors (Lipinski definition) is 1. The number of thiophene rings is 1. The second-order valence-electron chi connectivity index (χ2n) is 15.0. The summed E-state index contributed by atoms with van der Waals surface area (Å²) in [4.78, 5) is 0. The van der Waals surface area contributed by atoms with Crippen LogP contribution in [0, 0.1) is 0 Å². The summed E-state index contributed by atoms with van der Waals surface area (Å²) in [5, 5.41) is 7.63. The lowest BCUT2D eigenvalue weighted by Crippen LogP contribution is -2.00. The second kappa shape index (κ2) is 12.7. The van der Waals surface area contributed by atoms with Crippen molar-refractivity contribution in [1.29, 1.82) is 0 Å². The van der Waals surface area contributed by atoms with Crippen molar-refractivity contribution in [2.45, 2.75) is 0 Å². The normalized spacial score (nSPS) is 11.9. The van der Waals surface area contributed by atoms with Crippen molar-refractivity contribution in [1.82, 2.24) is 9.13 Å². The molecule has 0 N–H and O–H groups in total. The fourth-order valence-electron chi connectivity index (χ4n) is 9.09. The highest BCUT2D eigenvalue weighted by Gasteiger charge is 2.18. The molecule has 2 nitrogen and oxygen atoms in total. The third kappa shape index (κ3) is 5.10. The van der Waals surface area contributed by atoms with E-state index in [0.717, 1.165) is 16.9 Å². The fourth-order valence-corrected chi connectivity index (χ4v) is 10.2. The summed E-state index contributed by atoms with van der Waals surface area (Å²) in [5.74, 6) is 0. The van der Waals surface area contributed by atoms with Gasteiger partial charge in [-0.15, -0.1) is 11.3 Å². The van der Waals surface area contributed by atoms with Crippen LogP contribution >= 0.6 is 11.3 Å². The van der Waals surface area contributed by atoms with E-state index in [1.165, 1.54) is 91.6 Å². The third-order valence-electron chi connectivity index (χ3n) is 11.7. The molecule has 0 radical (unpaired) electrons. The number of aromatic nitrogens is 2. The van der Waals surface area contributed by atoms with Crippen LogP contribution in [0.2, 0.25) is 0 Å². The lowest BCUT2D eigenvalue weighted by molar-refractivity contribution is 1.13. The van der Waals surface area contributed by atoms with E-state index < -0.39 is 0 Å². The zero-order chi connectivity index (χ0) is 37.5. The molecule has 0 fully saturated rings. The molecule has 0 aliphatic rings. The zero-order valence-electron chi connectivity index (χ0n) is 30.9. The first kappa shape index (κ1) is 32.1. The van der Waals surface area contributed by atoms with Crippen LogP contribution in [0.3, 0.4) is 0 Å². The second-order valence-corrected chi connectivity index (χ2v) is 16.0. The Labute approximate surface area is 333 Å². The van der Waals surface area contributed by atoms with E-state index in [0.29, 0.717) is 0 Å². The van der Waals surface area contributed by atoms with Gasteiger partial charge in [-0.05, 0) is 112 Å². The molecule has 0 bridgehead atoms. The van der Waals surface area contributed by atoms with Crippen LogP contribution in [0.5, 0.6) is 0 Å². The highest BCUT2D eigenvalue weighted by atomic mass is 32.1. The Balaban J connectivity index is 1.16. The average Bonchev–Trinajstić information content (AvgIpc) is 3.94. The maximum absolute atomic E-state index is 2.45. The molecular formula is C54H34N2S. The van der Waals surface area contributed by atoms with Gasteiger partial charge in [0, 0.05) is 53.1 Å². The minimum Gasteiger partial charge on any atom is -0.309 e. The summed E-state index contributed by atoms with van der Waals surface area (Å²) in [7, 11) is 0. The Kier molecular flexibility index (Phi) is 7.13. The van der Waals surface area contributed by atoms with Crippen molar-refractivity contribution < 1.29 is 0 Å². The van der Waals surface area contributed by atoms with Gasteiger partial charge in [0.25, 0.3) is 0 Å². The van der Waals surface area contributed by atoms with Crippen LogP contribution in [0.4, 0.5) is 0 Å². The maximum atomic E-state index is 2.45. The molecule has 0 unspecified atom stereocenters. The van der Waals surface area contributed by atoms with Crippen LogP contribution in [-0.4, -0.2) is 9.13 Å². The van der Waals surface area contributed by atoms with Crippen molar-refractivity contribution in [3.05, 3.63) is 206 Å². The van der Waals surface area contributed by atoms with Crippen molar-refractivity contribution in [3.8, 4) is 44.8 Å². The summed E-state index contributed by atoms with van der Waals surface area (Å²) >= 11 is 1.86. The number of hydrogen-bond donors (Lipinski definition) is 0. The zero-order valence-corrected chi connectivity index (χ0v) is 31.7. The molecule has 0 saturated carbocycles. The average molecular weight is 743 g/mol. The Bertz CT molecular complexity index is 3290. The Morgan fingerprint density at radius 3 is 1.19 bits per heavy atom. The summed E-state index contributed by atoms with van der Waals surface area (Å²) in [6.07, 6.45) is 0. The Morgan fingerprint density at radius 1 is 0.246 bits per heavy atom. The molecule has 0 atom stereocenters. The van der Waals surface area contributed by atoms with E-state index >= 15 is 0 Å². The summed E-state index contributed by atoms with van der Waals surface area (Å²) in [6.45, 7) is 0. The quantitative estimate of drug-likeness (QED) is 0.166. The summed E-state index contributed by atoms with van der Waals surface area (Å²) in [6, 6.07) is 76.0. The highest BCUT2D eigenvalue weighted by Crippen LogP contribution is 2.41. The first-order chi connectivity index (χ1) is 28.2. The summed E-state index contributed by atoms with van der Waals surface area (Å²) < 4.78 is 7.53. The van der Waals surface area contributed by atoms with E-state index in [4.69, 9.17) is 0 Å². The predicted octanol–water partition coefficient (Wildman–Crippen LogP) is 15.2. The van der Waals surface area contributed by atoms with Gasteiger partial charge in [-0.1, -0.05) is 127 Å². The number of benzene rings is 9. The van der Waals surface area contributed by atoms with Gasteiger partial charge in [0.1, 0.15) is 0 Å². The number of rotatable bonds is 5. The molecule has 0 aliphatic carbocycles. The molecule has 9 aromatic carbocycles. The first-order valence-electron chi connectivity index (χ1n) is 19.5.